The fourth-order valence-corrected chi connectivity index (χ4v) is 6.63. The zero-order valence-electron chi connectivity index (χ0n) is 19.9. The van der Waals surface area contributed by atoms with Crippen molar-refractivity contribution in [3.63, 3.8) is 0 Å². The average Bonchev–Trinajstić information content (AvgIpc) is 3.59. The van der Waals surface area contributed by atoms with E-state index in [9.17, 15) is 19.2 Å². The molecule has 2 aliphatic carbocycles. The molecule has 2 saturated carbocycles. The molecular formula is C30H24ClNO5. The van der Waals surface area contributed by atoms with Crippen LogP contribution in [0.2, 0.25) is 5.02 Å². The van der Waals surface area contributed by atoms with Crippen LogP contribution in [0.15, 0.2) is 78.9 Å². The number of amides is 2. The van der Waals surface area contributed by atoms with Gasteiger partial charge in [0.2, 0.25) is 11.8 Å². The molecule has 3 aromatic carbocycles. The topological polar surface area (TPSA) is 80.8 Å². The largest absolute Gasteiger partial charge is 0.454 e. The summed E-state index contributed by atoms with van der Waals surface area (Å²) in [5.41, 5.74) is 2.14. The lowest BCUT2D eigenvalue weighted by Gasteiger charge is -2.28. The maximum atomic E-state index is 13.6. The van der Waals surface area contributed by atoms with E-state index in [1.165, 1.54) is 16.5 Å². The molecule has 6 rings (SSSR count). The number of nitrogens with zero attached hydrogens (tertiary/aromatic N) is 1. The Bertz CT molecular complexity index is 1400. The van der Waals surface area contributed by atoms with Gasteiger partial charge in [-0.3, -0.25) is 19.3 Å². The Labute approximate surface area is 219 Å². The van der Waals surface area contributed by atoms with Crippen LogP contribution in [0.25, 0.3) is 0 Å². The number of rotatable bonds is 6. The first kappa shape index (κ1) is 23.6. The summed E-state index contributed by atoms with van der Waals surface area (Å²) in [6, 6.07) is 22.8. The fraction of sp³-hybridized carbons (Fsp3) is 0.267. The number of ketones is 1. The van der Waals surface area contributed by atoms with Crippen LogP contribution in [0.5, 0.6) is 0 Å². The molecular weight excluding hydrogens is 490 g/mol. The Morgan fingerprint density at radius 1 is 0.838 bits per heavy atom. The second-order valence-corrected chi connectivity index (χ2v) is 10.5. The number of carbonyl (C=O) groups excluding carboxylic acids is 4. The summed E-state index contributed by atoms with van der Waals surface area (Å²) < 4.78 is 5.22. The number of Topliss-reactive ketones (excluding diaryl/α,β-unsaturated/α-hetero) is 1. The first-order chi connectivity index (χ1) is 17.9. The molecule has 0 unspecified atom stereocenters. The molecule has 6 nitrogen and oxygen atoms in total. The summed E-state index contributed by atoms with van der Waals surface area (Å²) >= 11 is 5.85. The van der Waals surface area contributed by atoms with Crippen molar-refractivity contribution in [2.45, 2.75) is 18.8 Å². The van der Waals surface area contributed by atoms with E-state index >= 15 is 0 Å². The van der Waals surface area contributed by atoms with E-state index in [0.717, 1.165) is 12.8 Å². The van der Waals surface area contributed by atoms with Crippen LogP contribution in [-0.4, -0.2) is 30.2 Å². The highest BCUT2D eigenvalue weighted by Gasteiger charge is 2.64. The van der Waals surface area contributed by atoms with E-state index in [-0.39, 0.29) is 52.8 Å². The molecule has 5 atom stereocenters. The molecule has 1 saturated heterocycles. The van der Waals surface area contributed by atoms with Gasteiger partial charge in [0.15, 0.2) is 12.4 Å². The van der Waals surface area contributed by atoms with E-state index in [0.29, 0.717) is 16.3 Å². The molecule has 37 heavy (non-hydrogen) atoms. The van der Waals surface area contributed by atoms with Gasteiger partial charge in [0.25, 0.3) is 0 Å². The van der Waals surface area contributed by atoms with Gasteiger partial charge in [-0.15, -0.1) is 0 Å². The van der Waals surface area contributed by atoms with Gasteiger partial charge in [-0.05, 0) is 78.6 Å². The van der Waals surface area contributed by atoms with E-state index < -0.39 is 12.6 Å². The molecule has 7 heteroatoms. The molecule has 0 spiro atoms. The summed E-state index contributed by atoms with van der Waals surface area (Å²) in [5.74, 6) is -1.45. The summed E-state index contributed by atoms with van der Waals surface area (Å²) in [6.07, 6.45) is 1.81. The first-order valence-electron chi connectivity index (χ1n) is 12.4. The van der Waals surface area contributed by atoms with Crippen molar-refractivity contribution >= 4 is 40.9 Å². The van der Waals surface area contributed by atoms with Gasteiger partial charge in [-0.1, -0.05) is 48.0 Å². The first-order valence-corrected chi connectivity index (χ1v) is 12.8. The molecule has 1 aliphatic heterocycles. The Kier molecular flexibility index (Phi) is 5.92. The van der Waals surface area contributed by atoms with Crippen LogP contribution in [0, 0.1) is 23.7 Å². The van der Waals surface area contributed by atoms with Gasteiger partial charge >= 0.3 is 5.97 Å². The number of ether oxygens (including phenoxy) is 1. The van der Waals surface area contributed by atoms with Crippen molar-refractivity contribution in [1.82, 2.24) is 0 Å². The minimum Gasteiger partial charge on any atom is -0.454 e. The number of esters is 1. The molecule has 2 amide bonds. The van der Waals surface area contributed by atoms with Crippen molar-refractivity contribution in [1.29, 1.82) is 0 Å². The summed E-state index contributed by atoms with van der Waals surface area (Å²) in [5, 5.41) is 0.504. The van der Waals surface area contributed by atoms with E-state index in [1.54, 1.807) is 42.5 Å². The van der Waals surface area contributed by atoms with Crippen LogP contribution < -0.4 is 4.90 Å². The van der Waals surface area contributed by atoms with Crippen molar-refractivity contribution in [3.8, 4) is 0 Å². The van der Waals surface area contributed by atoms with Crippen LogP contribution in [0.1, 0.15) is 45.0 Å². The maximum absolute atomic E-state index is 13.6. The number of imide groups is 1. The summed E-state index contributed by atoms with van der Waals surface area (Å²) in [6.45, 7) is -0.430. The normalized spacial score (nSPS) is 25.9. The smallest absolute Gasteiger partial charge is 0.338 e. The zero-order chi connectivity index (χ0) is 25.7. The number of halogens is 1. The number of carbonyl (C=O) groups is 4. The predicted molar refractivity (Wildman–Crippen MR) is 137 cm³/mol. The van der Waals surface area contributed by atoms with Crippen molar-refractivity contribution in [2.75, 3.05) is 11.5 Å². The Balaban J connectivity index is 1.18. The molecule has 3 aliphatic rings. The summed E-state index contributed by atoms with van der Waals surface area (Å²) in [7, 11) is 0. The summed E-state index contributed by atoms with van der Waals surface area (Å²) in [4.78, 5) is 53.3. The molecule has 0 radical (unpaired) electrons. The Morgan fingerprint density at radius 2 is 1.57 bits per heavy atom. The number of fused-ring (bicyclic) bond motifs is 5. The monoisotopic (exact) mass is 513 g/mol. The minimum atomic E-state index is -0.701. The van der Waals surface area contributed by atoms with Crippen molar-refractivity contribution in [3.05, 3.63) is 101 Å². The van der Waals surface area contributed by atoms with Crippen LogP contribution in [0.3, 0.4) is 0 Å². The van der Waals surface area contributed by atoms with Gasteiger partial charge in [-0.2, -0.15) is 0 Å². The van der Waals surface area contributed by atoms with E-state index in [1.807, 2.05) is 18.2 Å². The average molecular weight is 514 g/mol. The van der Waals surface area contributed by atoms with Crippen molar-refractivity contribution < 1.29 is 23.9 Å². The SMILES string of the molecule is O=C(COC(=O)c1cccc(N2C(=O)[C@@H]3[C@@H]4C[C@@H]([C@H]3C2=O)[C@H](c2ccccc2)C4)c1)c1ccc(Cl)cc1. The third-order valence-electron chi connectivity index (χ3n) is 8.08. The molecule has 0 aromatic heterocycles. The van der Waals surface area contributed by atoms with Gasteiger partial charge in [-0.25, -0.2) is 4.79 Å². The van der Waals surface area contributed by atoms with Gasteiger partial charge in [0, 0.05) is 10.6 Å². The second-order valence-electron chi connectivity index (χ2n) is 10.0. The highest BCUT2D eigenvalue weighted by molar-refractivity contribution is 6.30. The zero-order valence-corrected chi connectivity index (χ0v) is 20.6. The van der Waals surface area contributed by atoms with Gasteiger partial charge in [0.05, 0.1) is 23.1 Å². The standard InChI is InChI=1S/C30H24ClNO5/c31-21-11-9-18(10-12-21)25(33)16-37-30(36)19-7-4-8-22(13-19)32-28(34)26-20-14-23(17-5-2-1-3-6-17)24(15-20)27(26)29(32)35/h1-13,20,23-24,26-27H,14-16H2/t20-,23-,24+,26+,27+/m0/s1. The molecule has 3 fully saturated rings. The lowest BCUT2D eigenvalue weighted by atomic mass is 9.73. The predicted octanol–water partition coefficient (Wildman–Crippen LogP) is 5.31. The highest BCUT2D eigenvalue weighted by atomic mass is 35.5. The molecule has 0 N–H and O–H groups in total. The van der Waals surface area contributed by atoms with E-state index in [4.69, 9.17) is 16.3 Å². The number of hydrogen-bond donors (Lipinski definition) is 0. The number of anilines is 1. The quantitative estimate of drug-likeness (QED) is 0.253. The number of benzene rings is 3. The molecule has 3 aromatic rings. The van der Waals surface area contributed by atoms with E-state index in [2.05, 4.69) is 12.1 Å². The minimum absolute atomic E-state index is 0.144. The van der Waals surface area contributed by atoms with Gasteiger partial charge < -0.3 is 4.74 Å². The van der Waals surface area contributed by atoms with Crippen LogP contribution in [-0.2, 0) is 14.3 Å². The number of hydrogen-bond acceptors (Lipinski definition) is 5. The molecule has 1 heterocycles. The third kappa shape index (κ3) is 4.05. The van der Waals surface area contributed by atoms with Crippen LogP contribution in [0.4, 0.5) is 5.69 Å². The Hall–Kier alpha value is -3.77. The lowest BCUT2D eigenvalue weighted by molar-refractivity contribution is -0.123. The molecule has 186 valence electrons. The third-order valence-corrected chi connectivity index (χ3v) is 8.34. The Morgan fingerprint density at radius 3 is 2.32 bits per heavy atom. The lowest BCUT2D eigenvalue weighted by Crippen LogP contribution is -2.33. The highest BCUT2D eigenvalue weighted by Crippen LogP contribution is 2.61. The van der Waals surface area contributed by atoms with Crippen LogP contribution >= 0.6 is 11.6 Å². The maximum Gasteiger partial charge on any atom is 0.338 e. The fourth-order valence-electron chi connectivity index (χ4n) is 6.50. The second kappa shape index (κ2) is 9.27. The van der Waals surface area contributed by atoms with Gasteiger partial charge in [0.1, 0.15) is 0 Å². The van der Waals surface area contributed by atoms with Crippen molar-refractivity contribution in [2.24, 2.45) is 23.7 Å². The molecule has 2 bridgehead atoms.